The highest BCUT2D eigenvalue weighted by Gasteiger charge is 2.03. The Morgan fingerprint density at radius 2 is 1.73 bits per heavy atom. The lowest BCUT2D eigenvalue weighted by molar-refractivity contribution is 0.553. The number of halogens is 3. The lowest BCUT2D eigenvalue weighted by atomic mass is 10.2. The van der Waals surface area contributed by atoms with Crippen LogP contribution in [-0.4, -0.2) is 5.11 Å². The summed E-state index contributed by atoms with van der Waals surface area (Å²) >= 11 is 5.02. The molecule has 0 saturated carbocycles. The maximum Gasteiger partial charge on any atom is 0.181 e. The van der Waals surface area contributed by atoms with E-state index in [1.807, 2.05) is 0 Å². The van der Waals surface area contributed by atoms with Gasteiger partial charge in [0.2, 0.25) is 0 Å². The molecule has 0 unspecified atom stereocenters. The minimum atomic E-state index is -0.632. The molecule has 2 rings (SSSR count). The molecule has 0 aliphatic carbocycles. The monoisotopic (exact) mass is 325 g/mol. The van der Waals surface area contributed by atoms with Crippen LogP contribution in [0.5, 0.6) is 0 Å². The van der Waals surface area contributed by atoms with Gasteiger partial charge in [-0.25, -0.2) is 18.6 Å². The van der Waals surface area contributed by atoms with E-state index in [1.54, 1.807) is 12.1 Å². The van der Waals surface area contributed by atoms with Crippen molar-refractivity contribution >= 4 is 17.3 Å². The summed E-state index contributed by atoms with van der Waals surface area (Å²) in [6.45, 7) is 0.490. The number of nitrogens with one attached hydrogen (secondary N) is 3. The zero-order valence-electron chi connectivity index (χ0n) is 11.5. The Morgan fingerprint density at radius 1 is 0.955 bits per heavy atom. The maximum absolute atomic E-state index is 13.4. The number of hydrogen-bond donors (Lipinski definition) is 3. The van der Waals surface area contributed by atoms with Gasteiger partial charge < -0.3 is 5.32 Å². The summed E-state index contributed by atoms with van der Waals surface area (Å²) in [7, 11) is 0. The number of thiocarbonyl (C=S) groups is 1. The third kappa shape index (κ3) is 5.01. The van der Waals surface area contributed by atoms with Crippen LogP contribution in [0.25, 0.3) is 0 Å². The SMILES string of the molecule is Fc1cccc(CNC(=S)NNCc2ccc(F)cc2F)c1. The number of rotatable bonds is 5. The zero-order chi connectivity index (χ0) is 15.9. The van der Waals surface area contributed by atoms with E-state index in [4.69, 9.17) is 12.2 Å². The summed E-state index contributed by atoms with van der Waals surface area (Å²) < 4.78 is 39.1. The standard InChI is InChI=1S/C15H14F3N3S/c16-12-3-1-2-10(6-12)8-19-15(22)21-20-9-11-4-5-13(17)7-14(11)18/h1-7,20H,8-9H2,(H2,19,21,22). The van der Waals surface area contributed by atoms with Crippen molar-refractivity contribution in [1.82, 2.24) is 16.2 Å². The lowest BCUT2D eigenvalue weighted by Gasteiger charge is -2.12. The summed E-state index contributed by atoms with van der Waals surface area (Å²) in [5, 5.41) is 3.16. The second-order valence-corrected chi connectivity index (χ2v) is 4.94. The van der Waals surface area contributed by atoms with Gasteiger partial charge >= 0.3 is 0 Å². The second-order valence-electron chi connectivity index (χ2n) is 4.53. The highest BCUT2D eigenvalue weighted by molar-refractivity contribution is 7.80. The quantitative estimate of drug-likeness (QED) is 0.584. The Balaban J connectivity index is 1.74. The van der Waals surface area contributed by atoms with Gasteiger partial charge in [-0.2, -0.15) is 0 Å². The fourth-order valence-electron chi connectivity index (χ4n) is 1.76. The highest BCUT2D eigenvalue weighted by Crippen LogP contribution is 2.08. The molecule has 0 aliphatic heterocycles. The fourth-order valence-corrected chi connectivity index (χ4v) is 1.90. The first-order valence-electron chi connectivity index (χ1n) is 6.49. The molecule has 116 valence electrons. The molecule has 0 radical (unpaired) electrons. The van der Waals surface area contributed by atoms with Crippen LogP contribution in [0.15, 0.2) is 42.5 Å². The molecule has 0 fully saturated rings. The van der Waals surface area contributed by atoms with Gasteiger partial charge in [-0.05, 0) is 36.0 Å². The third-order valence-electron chi connectivity index (χ3n) is 2.84. The fraction of sp³-hybridized carbons (Fsp3) is 0.133. The molecule has 0 aromatic heterocycles. The molecule has 3 nitrogen and oxygen atoms in total. The van der Waals surface area contributed by atoms with Crippen LogP contribution in [-0.2, 0) is 13.1 Å². The first-order valence-corrected chi connectivity index (χ1v) is 6.90. The topological polar surface area (TPSA) is 36.1 Å². The van der Waals surface area contributed by atoms with Crippen LogP contribution in [0, 0.1) is 17.5 Å². The second kappa shape index (κ2) is 7.77. The van der Waals surface area contributed by atoms with Crippen molar-refractivity contribution in [2.45, 2.75) is 13.1 Å². The molecule has 0 spiro atoms. The van der Waals surface area contributed by atoms with E-state index in [9.17, 15) is 13.2 Å². The maximum atomic E-state index is 13.4. The van der Waals surface area contributed by atoms with Crippen molar-refractivity contribution in [2.24, 2.45) is 0 Å². The summed E-state index contributed by atoms with van der Waals surface area (Å²) in [6, 6.07) is 9.48. The average molecular weight is 325 g/mol. The van der Waals surface area contributed by atoms with E-state index in [0.29, 0.717) is 12.1 Å². The van der Waals surface area contributed by atoms with Crippen molar-refractivity contribution in [3.8, 4) is 0 Å². The predicted octanol–water partition coefficient (Wildman–Crippen LogP) is 2.77. The Hall–Kier alpha value is -2.12. The Labute approximate surface area is 131 Å². The molecular formula is C15H14F3N3S. The molecular weight excluding hydrogens is 311 g/mol. The number of hydrogen-bond acceptors (Lipinski definition) is 2. The molecule has 3 N–H and O–H groups in total. The van der Waals surface area contributed by atoms with Gasteiger partial charge in [-0.1, -0.05) is 18.2 Å². The van der Waals surface area contributed by atoms with E-state index >= 15 is 0 Å². The van der Waals surface area contributed by atoms with E-state index in [1.165, 1.54) is 24.3 Å². The van der Waals surface area contributed by atoms with Gasteiger partial charge in [-0.3, -0.25) is 5.43 Å². The largest absolute Gasteiger partial charge is 0.358 e. The molecule has 2 aromatic carbocycles. The molecule has 7 heteroatoms. The smallest absolute Gasteiger partial charge is 0.181 e. The van der Waals surface area contributed by atoms with Gasteiger partial charge in [-0.15, -0.1) is 0 Å². The number of benzene rings is 2. The molecule has 0 heterocycles. The third-order valence-corrected chi connectivity index (χ3v) is 3.08. The van der Waals surface area contributed by atoms with E-state index < -0.39 is 11.6 Å². The Bertz CT molecular complexity index is 664. The van der Waals surface area contributed by atoms with E-state index in [-0.39, 0.29) is 17.5 Å². The van der Waals surface area contributed by atoms with Crippen molar-refractivity contribution in [3.63, 3.8) is 0 Å². The normalized spacial score (nSPS) is 10.3. The van der Waals surface area contributed by atoms with Crippen LogP contribution in [0.2, 0.25) is 0 Å². The van der Waals surface area contributed by atoms with Gasteiger partial charge in [0, 0.05) is 24.7 Å². The van der Waals surface area contributed by atoms with E-state index in [0.717, 1.165) is 11.6 Å². The molecule has 0 aliphatic rings. The van der Waals surface area contributed by atoms with Crippen LogP contribution in [0.3, 0.4) is 0 Å². The zero-order valence-corrected chi connectivity index (χ0v) is 12.3. The number of hydrazine groups is 1. The predicted molar refractivity (Wildman–Crippen MR) is 82.2 cm³/mol. The van der Waals surface area contributed by atoms with Crippen molar-refractivity contribution in [3.05, 3.63) is 71.0 Å². The first-order chi connectivity index (χ1) is 10.5. The lowest BCUT2D eigenvalue weighted by Crippen LogP contribution is -2.43. The molecule has 0 atom stereocenters. The molecule has 2 aromatic rings. The summed E-state index contributed by atoms with van der Waals surface area (Å²) in [4.78, 5) is 0. The van der Waals surface area contributed by atoms with Gasteiger partial charge in [0.05, 0.1) is 0 Å². The minimum Gasteiger partial charge on any atom is -0.358 e. The van der Waals surface area contributed by atoms with Crippen molar-refractivity contribution in [2.75, 3.05) is 0 Å². The summed E-state index contributed by atoms with van der Waals surface area (Å²) in [5.41, 5.74) is 6.44. The Morgan fingerprint density at radius 3 is 2.45 bits per heavy atom. The summed E-state index contributed by atoms with van der Waals surface area (Å²) in [5.74, 6) is -1.57. The van der Waals surface area contributed by atoms with Gasteiger partial charge in [0.1, 0.15) is 17.5 Å². The van der Waals surface area contributed by atoms with Crippen LogP contribution >= 0.6 is 12.2 Å². The van der Waals surface area contributed by atoms with Gasteiger partial charge in [0.15, 0.2) is 5.11 Å². The molecule has 22 heavy (non-hydrogen) atoms. The minimum absolute atomic E-state index is 0.133. The average Bonchev–Trinajstić information content (AvgIpc) is 2.47. The van der Waals surface area contributed by atoms with Crippen LogP contribution < -0.4 is 16.2 Å². The van der Waals surface area contributed by atoms with Crippen molar-refractivity contribution < 1.29 is 13.2 Å². The molecule has 0 saturated heterocycles. The molecule has 0 amide bonds. The first kappa shape index (κ1) is 16.3. The van der Waals surface area contributed by atoms with Gasteiger partial charge in [0.25, 0.3) is 0 Å². The van der Waals surface area contributed by atoms with Crippen LogP contribution in [0.4, 0.5) is 13.2 Å². The molecule has 0 bridgehead atoms. The highest BCUT2D eigenvalue weighted by atomic mass is 32.1. The van der Waals surface area contributed by atoms with Crippen molar-refractivity contribution in [1.29, 1.82) is 0 Å². The van der Waals surface area contributed by atoms with E-state index in [2.05, 4.69) is 16.2 Å². The van der Waals surface area contributed by atoms with Crippen LogP contribution in [0.1, 0.15) is 11.1 Å². The summed E-state index contributed by atoms with van der Waals surface area (Å²) in [6.07, 6.45) is 0. The Kier molecular flexibility index (Phi) is 5.74.